The van der Waals surface area contributed by atoms with Gasteiger partial charge in [-0.25, -0.2) is 0 Å². The van der Waals surface area contributed by atoms with E-state index in [1.807, 2.05) is 32.2 Å². The van der Waals surface area contributed by atoms with Crippen molar-refractivity contribution in [2.24, 2.45) is 5.41 Å². The largest absolute Gasteiger partial charge is 0.348 e. The molecular formula is C11H15NO2S. The summed E-state index contributed by atoms with van der Waals surface area (Å²) in [7, 11) is 0. The number of amides is 1. The Hall–Kier alpha value is -1.16. The van der Waals surface area contributed by atoms with Crippen LogP contribution in [0.15, 0.2) is 17.5 Å². The molecule has 0 fully saturated rings. The third-order valence-corrected chi connectivity index (χ3v) is 2.80. The van der Waals surface area contributed by atoms with Crippen LogP contribution in [0, 0.1) is 5.41 Å². The molecule has 3 nitrogen and oxygen atoms in total. The highest BCUT2D eigenvalue weighted by Crippen LogP contribution is 2.13. The van der Waals surface area contributed by atoms with E-state index in [9.17, 15) is 9.59 Å². The zero-order valence-corrected chi connectivity index (χ0v) is 9.98. The van der Waals surface area contributed by atoms with Crippen molar-refractivity contribution in [2.75, 3.05) is 6.54 Å². The van der Waals surface area contributed by atoms with Gasteiger partial charge in [0.25, 0.3) is 0 Å². The second-order valence-electron chi connectivity index (χ2n) is 4.33. The van der Waals surface area contributed by atoms with Crippen LogP contribution in [0.25, 0.3) is 0 Å². The molecule has 1 aromatic heterocycles. The average molecular weight is 225 g/mol. The van der Waals surface area contributed by atoms with Crippen LogP contribution in [0.5, 0.6) is 0 Å². The molecule has 0 radical (unpaired) electrons. The van der Waals surface area contributed by atoms with Gasteiger partial charge in [-0.05, 0) is 11.4 Å². The summed E-state index contributed by atoms with van der Waals surface area (Å²) in [4.78, 5) is 23.7. The molecule has 1 aromatic rings. The molecule has 1 heterocycles. The van der Waals surface area contributed by atoms with Crippen molar-refractivity contribution >= 4 is 23.0 Å². The minimum atomic E-state index is -0.449. The fraction of sp³-hybridized carbons (Fsp3) is 0.455. The Balaban J connectivity index is 2.45. The molecule has 0 saturated carbocycles. The third kappa shape index (κ3) is 3.47. The SMILES string of the molecule is CC(C)(C)C(=O)NCC(=O)c1cccs1. The number of thiophene rings is 1. The molecule has 1 amide bonds. The second-order valence-corrected chi connectivity index (χ2v) is 5.28. The fourth-order valence-electron chi connectivity index (χ4n) is 0.950. The van der Waals surface area contributed by atoms with Gasteiger partial charge in [-0.2, -0.15) is 0 Å². The zero-order chi connectivity index (χ0) is 11.5. The van der Waals surface area contributed by atoms with Gasteiger partial charge in [-0.15, -0.1) is 11.3 Å². The van der Waals surface area contributed by atoms with Gasteiger partial charge >= 0.3 is 0 Å². The molecule has 0 aliphatic carbocycles. The standard InChI is InChI=1S/C11H15NO2S/c1-11(2,3)10(14)12-7-8(13)9-5-4-6-15-9/h4-6H,7H2,1-3H3,(H,12,14). The van der Waals surface area contributed by atoms with Crippen molar-refractivity contribution in [1.29, 1.82) is 0 Å². The van der Waals surface area contributed by atoms with Crippen molar-refractivity contribution in [3.8, 4) is 0 Å². The number of nitrogens with one attached hydrogen (secondary N) is 1. The quantitative estimate of drug-likeness (QED) is 0.801. The molecule has 4 heteroatoms. The highest BCUT2D eigenvalue weighted by Gasteiger charge is 2.21. The topological polar surface area (TPSA) is 46.2 Å². The van der Waals surface area contributed by atoms with Gasteiger partial charge in [-0.3, -0.25) is 9.59 Å². The van der Waals surface area contributed by atoms with Crippen molar-refractivity contribution in [1.82, 2.24) is 5.32 Å². The highest BCUT2D eigenvalue weighted by atomic mass is 32.1. The van der Waals surface area contributed by atoms with E-state index in [1.54, 1.807) is 6.07 Å². The lowest BCUT2D eigenvalue weighted by Crippen LogP contribution is -2.37. The normalized spacial score (nSPS) is 11.1. The van der Waals surface area contributed by atoms with E-state index in [4.69, 9.17) is 0 Å². The lowest BCUT2D eigenvalue weighted by Gasteiger charge is -2.16. The van der Waals surface area contributed by atoms with Crippen molar-refractivity contribution in [3.05, 3.63) is 22.4 Å². The molecule has 0 bridgehead atoms. The van der Waals surface area contributed by atoms with E-state index in [2.05, 4.69) is 5.32 Å². The first-order chi connectivity index (χ1) is 6.91. The highest BCUT2D eigenvalue weighted by molar-refractivity contribution is 7.12. The monoisotopic (exact) mass is 225 g/mol. The maximum absolute atomic E-state index is 11.5. The van der Waals surface area contributed by atoms with E-state index >= 15 is 0 Å². The lowest BCUT2D eigenvalue weighted by atomic mass is 9.96. The molecule has 1 N–H and O–H groups in total. The van der Waals surface area contributed by atoms with Gasteiger partial charge < -0.3 is 5.32 Å². The van der Waals surface area contributed by atoms with E-state index < -0.39 is 5.41 Å². The number of rotatable bonds is 3. The minimum Gasteiger partial charge on any atom is -0.348 e. The van der Waals surface area contributed by atoms with Gasteiger partial charge in [0, 0.05) is 5.41 Å². The summed E-state index contributed by atoms with van der Waals surface area (Å²) in [5.74, 6) is -0.144. The van der Waals surface area contributed by atoms with Crippen molar-refractivity contribution in [3.63, 3.8) is 0 Å². The maximum Gasteiger partial charge on any atom is 0.225 e. The molecule has 0 unspecified atom stereocenters. The summed E-state index contributed by atoms with van der Waals surface area (Å²) in [6, 6.07) is 3.58. The Morgan fingerprint density at radius 2 is 2.07 bits per heavy atom. The zero-order valence-electron chi connectivity index (χ0n) is 9.16. The van der Waals surface area contributed by atoms with Crippen LogP contribution in [-0.2, 0) is 4.79 Å². The molecule has 0 spiro atoms. The molecule has 0 aromatic carbocycles. The summed E-state index contributed by atoms with van der Waals surface area (Å²) in [5, 5.41) is 4.47. The second kappa shape index (κ2) is 4.57. The van der Waals surface area contributed by atoms with Gasteiger partial charge in [0.2, 0.25) is 5.91 Å². The minimum absolute atomic E-state index is 0.0393. The molecule has 82 valence electrons. The third-order valence-electron chi connectivity index (χ3n) is 1.89. The van der Waals surface area contributed by atoms with Crippen molar-refractivity contribution < 1.29 is 9.59 Å². The smallest absolute Gasteiger partial charge is 0.225 e. The van der Waals surface area contributed by atoms with E-state index in [-0.39, 0.29) is 18.2 Å². The Morgan fingerprint density at radius 3 is 2.53 bits per heavy atom. The number of carbonyl (C=O) groups is 2. The van der Waals surface area contributed by atoms with E-state index in [0.717, 1.165) is 0 Å². The lowest BCUT2D eigenvalue weighted by molar-refractivity contribution is -0.128. The number of hydrogen-bond acceptors (Lipinski definition) is 3. The Labute approximate surface area is 93.5 Å². The summed E-state index contributed by atoms with van der Waals surface area (Å²) >= 11 is 1.39. The number of hydrogen-bond donors (Lipinski definition) is 1. The number of Topliss-reactive ketones (excluding diaryl/α,β-unsaturated/α-hetero) is 1. The van der Waals surface area contributed by atoms with Gasteiger partial charge in [-0.1, -0.05) is 26.8 Å². The Bertz CT molecular complexity index is 349. The van der Waals surface area contributed by atoms with Crippen LogP contribution in [0.4, 0.5) is 0 Å². The molecule has 0 aliphatic heterocycles. The molecule has 0 saturated heterocycles. The van der Waals surface area contributed by atoms with Crippen LogP contribution < -0.4 is 5.32 Å². The number of ketones is 1. The molecule has 15 heavy (non-hydrogen) atoms. The molecule has 1 rings (SSSR count). The summed E-state index contributed by atoms with van der Waals surface area (Å²) < 4.78 is 0. The molecular weight excluding hydrogens is 210 g/mol. The van der Waals surface area contributed by atoms with E-state index in [0.29, 0.717) is 4.88 Å². The van der Waals surface area contributed by atoms with Gasteiger partial charge in [0.1, 0.15) is 0 Å². The Kier molecular flexibility index (Phi) is 3.63. The van der Waals surface area contributed by atoms with Crippen LogP contribution >= 0.6 is 11.3 Å². The molecule has 0 atom stereocenters. The maximum atomic E-state index is 11.5. The molecule has 0 aliphatic rings. The Morgan fingerprint density at radius 1 is 1.40 bits per heavy atom. The summed E-state index contributed by atoms with van der Waals surface area (Å²) in [5.41, 5.74) is -0.449. The summed E-state index contributed by atoms with van der Waals surface area (Å²) in [6.45, 7) is 5.53. The van der Waals surface area contributed by atoms with Crippen LogP contribution in [-0.4, -0.2) is 18.2 Å². The first-order valence-corrected chi connectivity index (χ1v) is 5.64. The van der Waals surface area contributed by atoms with Crippen LogP contribution in [0.2, 0.25) is 0 Å². The first-order valence-electron chi connectivity index (χ1n) is 4.76. The fourth-order valence-corrected chi connectivity index (χ4v) is 1.61. The van der Waals surface area contributed by atoms with Crippen LogP contribution in [0.3, 0.4) is 0 Å². The van der Waals surface area contributed by atoms with Gasteiger partial charge in [0.15, 0.2) is 5.78 Å². The van der Waals surface area contributed by atoms with Gasteiger partial charge in [0.05, 0.1) is 11.4 Å². The predicted octanol–water partition coefficient (Wildman–Crippen LogP) is 2.09. The van der Waals surface area contributed by atoms with Crippen LogP contribution in [0.1, 0.15) is 30.4 Å². The summed E-state index contributed by atoms with van der Waals surface area (Å²) in [6.07, 6.45) is 0. The average Bonchev–Trinajstić information content (AvgIpc) is 2.64. The number of carbonyl (C=O) groups excluding carboxylic acids is 2. The van der Waals surface area contributed by atoms with Crippen molar-refractivity contribution in [2.45, 2.75) is 20.8 Å². The predicted molar refractivity (Wildman–Crippen MR) is 61.1 cm³/mol. The first kappa shape index (κ1) is 11.9. The van der Waals surface area contributed by atoms with E-state index in [1.165, 1.54) is 11.3 Å².